The molecule has 0 saturated heterocycles. The van der Waals surface area contributed by atoms with Gasteiger partial charge in [-0.1, -0.05) is 0 Å². The van der Waals surface area contributed by atoms with Crippen LogP contribution in [0.15, 0.2) is 0 Å². The van der Waals surface area contributed by atoms with Crippen LogP contribution in [0.5, 0.6) is 0 Å². The molecule has 2 nitrogen and oxygen atoms in total. The minimum atomic E-state index is -5.29. The van der Waals surface area contributed by atoms with Crippen molar-refractivity contribution in [2.75, 3.05) is 6.54 Å². The molecule has 3 N–H and O–H groups in total. The second kappa shape index (κ2) is 2.11. The van der Waals surface area contributed by atoms with Crippen LogP contribution in [0.4, 0.5) is 17.6 Å². The summed E-state index contributed by atoms with van der Waals surface area (Å²) in [6.45, 7) is -1.48. The van der Waals surface area contributed by atoms with E-state index in [1.54, 1.807) is 0 Å². The lowest BCUT2D eigenvalue weighted by Crippen LogP contribution is -2.46. The van der Waals surface area contributed by atoms with Gasteiger partial charge in [-0.2, -0.15) is 13.2 Å². The van der Waals surface area contributed by atoms with E-state index in [9.17, 15) is 17.6 Å². The van der Waals surface area contributed by atoms with E-state index in [1.807, 2.05) is 0 Å². The van der Waals surface area contributed by atoms with Crippen molar-refractivity contribution in [2.45, 2.75) is 12.0 Å². The largest absolute Gasteiger partial charge is 0.449 e. The predicted octanol–water partition coefficient (Wildman–Crippen LogP) is 0.166. The van der Waals surface area contributed by atoms with Crippen LogP contribution in [0, 0.1) is 0 Å². The molecule has 0 aliphatic heterocycles. The molecule has 0 radical (unpaired) electrons. The Labute approximate surface area is 48.3 Å². The van der Waals surface area contributed by atoms with Crippen LogP contribution in [-0.2, 0) is 0 Å². The van der Waals surface area contributed by atoms with Gasteiger partial charge in [-0.15, -0.1) is 0 Å². The maximum absolute atomic E-state index is 11.6. The van der Waals surface area contributed by atoms with E-state index in [-0.39, 0.29) is 0 Å². The van der Waals surface area contributed by atoms with Gasteiger partial charge >= 0.3 is 12.0 Å². The van der Waals surface area contributed by atoms with E-state index in [0.717, 1.165) is 0 Å². The monoisotopic (exact) mass is 147 g/mol. The quantitative estimate of drug-likeness (QED) is 0.519. The van der Waals surface area contributed by atoms with Crippen molar-refractivity contribution in [3.05, 3.63) is 0 Å². The summed E-state index contributed by atoms with van der Waals surface area (Å²) in [4.78, 5) is 0. The minimum Gasteiger partial charge on any atom is -0.354 e. The number of halogens is 4. The molecule has 1 unspecified atom stereocenters. The number of alkyl halides is 4. The highest BCUT2D eigenvalue weighted by atomic mass is 19.4. The second-order valence-electron chi connectivity index (χ2n) is 1.46. The average Bonchev–Trinajstić information content (AvgIpc) is 1.64. The molecule has 0 aliphatic carbocycles. The smallest absolute Gasteiger partial charge is 0.354 e. The van der Waals surface area contributed by atoms with Crippen LogP contribution < -0.4 is 5.73 Å². The summed E-state index contributed by atoms with van der Waals surface area (Å²) in [5.41, 5.74) is 4.25. The molecule has 0 aromatic rings. The molecule has 0 bridgehead atoms. The van der Waals surface area contributed by atoms with Crippen molar-refractivity contribution >= 4 is 0 Å². The van der Waals surface area contributed by atoms with Crippen molar-refractivity contribution in [1.82, 2.24) is 0 Å². The van der Waals surface area contributed by atoms with Crippen LogP contribution >= 0.6 is 0 Å². The Balaban J connectivity index is 4.14. The average molecular weight is 147 g/mol. The van der Waals surface area contributed by atoms with Gasteiger partial charge in [0.25, 0.3) is 0 Å². The van der Waals surface area contributed by atoms with Gasteiger partial charge in [-0.3, -0.25) is 0 Å². The molecule has 0 aromatic carbocycles. The predicted molar refractivity (Wildman–Crippen MR) is 21.2 cm³/mol. The second-order valence-corrected chi connectivity index (χ2v) is 1.46. The molecular weight excluding hydrogens is 142 g/mol. The van der Waals surface area contributed by atoms with Crippen molar-refractivity contribution < 1.29 is 22.7 Å². The highest BCUT2D eigenvalue weighted by Crippen LogP contribution is 2.30. The summed E-state index contributed by atoms with van der Waals surface area (Å²) in [6.07, 6.45) is -5.29. The van der Waals surface area contributed by atoms with Gasteiger partial charge in [0.2, 0.25) is 0 Å². The van der Waals surface area contributed by atoms with Gasteiger partial charge in [-0.05, 0) is 0 Å². The van der Waals surface area contributed by atoms with Crippen molar-refractivity contribution in [2.24, 2.45) is 5.73 Å². The summed E-state index contributed by atoms with van der Waals surface area (Å²) in [5.74, 6) is -4.24. The highest BCUT2D eigenvalue weighted by molar-refractivity contribution is 4.74. The van der Waals surface area contributed by atoms with E-state index < -0.39 is 18.6 Å². The molecule has 0 heterocycles. The van der Waals surface area contributed by atoms with Gasteiger partial charge < -0.3 is 10.8 Å². The van der Waals surface area contributed by atoms with Crippen LogP contribution in [0.3, 0.4) is 0 Å². The fraction of sp³-hybridized carbons (Fsp3) is 1.00. The Hall–Kier alpha value is -0.360. The minimum absolute atomic E-state index is 1.48. The zero-order valence-corrected chi connectivity index (χ0v) is 4.24. The van der Waals surface area contributed by atoms with E-state index in [2.05, 4.69) is 5.73 Å². The molecule has 0 spiro atoms. The SMILES string of the molecule is NCC(O)(F)C(F)(F)F. The lowest BCUT2D eigenvalue weighted by molar-refractivity contribution is -0.309. The maximum atomic E-state index is 11.6. The summed E-state index contributed by atoms with van der Waals surface area (Å²) in [6, 6.07) is 0. The van der Waals surface area contributed by atoms with Gasteiger partial charge in [0, 0.05) is 0 Å². The van der Waals surface area contributed by atoms with E-state index in [0.29, 0.717) is 0 Å². The van der Waals surface area contributed by atoms with Gasteiger partial charge in [0.15, 0.2) is 0 Å². The summed E-state index contributed by atoms with van der Waals surface area (Å²) in [5, 5.41) is 7.74. The molecule has 0 fully saturated rings. The van der Waals surface area contributed by atoms with Gasteiger partial charge in [0.1, 0.15) is 0 Å². The first-order chi connectivity index (χ1) is 3.81. The van der Waals surface area contributed by atoms with Gasteiger partial charge in [-0.25, -0.2) is 4.39 Å². The fourth-order valence-corrected chi connectivity index (χ4v) is 0.116. The van der Waals surface area contributed by atoms with E-state index in [1.165, 1.54) is 0 Å². The fourth-order valence-electron chi connectivity index (χ4n) is 0.116. The number of rotatable bonds is 1. The molecule has 0 aromatic heterocycles. The first-order valence-electron chi connectivity index (χ1n) is 1.99. The zero-order chi connectivity index (χ0) is 7.71. The first-order valence-corrected chi connectivity index (χ1v) is 1.99. The first kappa shape index (κ1) is 8.64. The van der Waals surface area contributed by atoms with E-state index >= 15 is 0 Å². The summed E-state index contributed by atoms with van der Waals surface area (Å²) < 4.78 is 45.0. The van der Waals surface area contributed by atoms with Crippen molar-refractivity contribution in [1.29, 1.82) is 0 Å². The Morgan fingerprint density at radius 2 is 1.56 bits per heavy atom. The van der Waals surface area contributed by atoms with Gasteiger partial charge in [0.05, 0.1) is 6.54 Å². The van der Waals surface area contributed by atoms with Crippen LogP contribution in [0.1, 0.15) is 0 Å². The molecule has 56 valence electrons. The third kappa shape index (κ3) is 1.79. The number of aliphatic hydroxyl groups is 1. The van der Waals surface area contributed by atoms with Crippen molar-refractivity contribution in [3.8, 4) is 0 Å². The summed E-state index contributed by atoms with van der Waals surface area (Å²) in [7, 11) is 0. The Morgan fingerprint density at radius 1 is 1.22 bits per heavy atom. The normalized spacial score (nSPS) is 19.3. The Bertz CT molecular complexity index is 98.5. The molecule has 0 aliphatic rings. The third-order valence-corrected chi connectivity index (χ3v) is 0.705. The highest BCUT2D eigenvalue weighted by Gasteiger charge is 2.53. The molecule has 0 amide bonds. The molecular formula is C3H5F4NO. The van der Waals surface area contributed by atoms with Crippen LogP contribution in [0.2, 0.25) is 0 Å². The van der Waals surface area contributed by atoms with Crippen LogP contribution in [0.25, 0.3) is 0 Å². The standard InChI is InChI=1S/C3H5F4NO/c4-2(9,1-8)3(5,6)7/h9H,1,8H2. The van der Waals surface area contributed by atoms with Crippen molar-refractivity contribution in [3.63, 3.8) is 0 Å². The number of hydrogen-bond acceptors (Lipinski definition) is 2. The Kier molecular flexibility index (Phi) is 2.02. The molecule has 0 rings (SSSR count). The number of hydrogen-bond donors (Lipinski definition) is 2. The Morgan fingerprint density at radius 3 is 1.56 bits per heavy atom. The molecule has 6 heteroatoms. The third-order valence-electron chi connectivity index (χ3n) is 0.705. The lowest BCUT2D eigenvalue weighted by atomic mass is 10.3. The molecule has 0 saturated carbocycles. The van der Waals surface area contributed by atoms with E-state index in [4.69, 9.17) is 5.11 Å². The zero-order valence-electron chi connectivity index (χ0n) is 4.24. The lowest BCUT2D eigenvalue weighted by Gasteiger charge is -2.19. The maximum Gasteiger partial charge on any atom is 0.449 e. The summed E-state index contributed by atoms with van der Waals surface area (Å²) >= 11 is 0. The molecule has 9 heavy (non-hydrogen) atoms. The topological polar surface area (TPSA) is 46.2 Å². The van der Waals surface area contributed by atoms with Crippen LogP contribution in [-0.4, -0.2) is 23.7 Å². The number of nitrogens with two attached hydrogens (primary N) is 1. The molecule has 1 atom stereocenters.